The van der Waals surface area contributed by atoms with Crippen LogP contribution in [0.2, 0.25) is 0 Å². The summed E-state index contributed by atoms with van der Waals surface area (Å²) in [4.78, 5) is 6.96. The van der Waals surface area contributed by atoms with E-state index < -0.39 is 17.8 Å². The van der Waals surface area contributed by atoms with E-state index in [4.69, 9.17) is 14.5 Å². The molecule has 3 aromatic rings. The van der Waals surface area contributed by atoms with Gasteiger partial charge in [-0.15, -0.1) is 5.10 Å². The van der Waals surface area contributed by atoms with Crippen LogP contribution in [-0.4, -0.2) is 47.6 Å². The third-order valence-corrected chi connectivity index (χ3v) is 6.34. The van der Waals surface area contributed by atoms with E-state index in [0.29, 0.717) is 35.1 Å². The Kier molecular flexibility index (Phi) is 5.27. The first kappa shape index (κ1) is 21.7. The smallest absolute Gasteiger partial charge is 0.416 e. The lowest BCUT2D eigenvalue weighted by Gasteiger charge is -2.30. The Morgan fingerprint density at radius 3 is 2.73 bits per heavy atom. The van der Waals surface area contributed by atoms with Crippen molar-refractivity contribution in [2.45, 2.75) is 44.6 Å². The van der Waals surface area contributed by atoms with Crippen LogP contribution in [0.1, 0.15) is 36.2 Å². The SMILES string of the molecule is COc1nc2c(C)nnc(N[C@H](C)c3cccc(C(F)(F)F)c3)c2cc1N1CC2CC1CO2. The molecule has 4 heterocycles. The van der Waals surface area contributed by atoms with Gasteiger partial charge in [0, 0.05) is 11.9 Å². The lowest BCUT2D eigenvalue weighted by molar-refractivity contribution is -0.137. The van der Waals surface area contributed by atoms with E-state index in [2.05, 4.69) is 20.4 Å². The zero-order chi connectivity index (χ0) is 23.3. The Labute approximate surface area is 188 Å². The number of anilines is 2. The van der Waals surface area contributed by atoms with Gasteiger partial charge < -0.3 is 19.7 Å². The first-order valence-electron chi connectivity index (χ1n) is 10.8. The molecule has 0 amide bonds. The lowest BCUT2D eigenvalue weighted by atomic mass is 10.0. The summed E-state index contributed by atoms with van der Waals surface area (Å²) in [6, 6.07) is 7.08. The number of nitrogens with one attached hydrogen (secondary N) is 1. The van der Waals surface area contributed by atoms with Crippen LogP contribution in [0.3, 0.4) is 0 Å². The average molecular weight is 459 g/mol. The topological polar surface area (TPSA) is 72.4 Å². The van der Waals surface area contributed by atoms with E-state index in [1.165, 1.54) is 6.07 Å². The minimum atomic E-state index is -4.40. The summed E-state index contributed by atoms with van der Waals surface area (Å²) in [5.74, 6) is 0.959. The number of hydrogen-bond acceptors (Lipinski definition) is 7. The van der Waals surface area contributed by atoms with Crippen molar-refractivity contribution in [3.05, 3.63) is 47.2 Å². The van der Waals surface area contributed by atoms with Crippen molar-refractivity contribution in [3.63, 3.8) is 0 Å². The van der Waals surface area contributed by atoms with Gasteiger partial charge >= 0.3 is 6.18 Å². The maximum Gasteiger partial charge on any atom is 0.416 e. The Balaban J connectivity index is 1.53. The first-order chi connectivity index (χ1) is 15.7. The monoisotopic (exact) mass is 459 g/mol. The quantitative estimate of drug-likeness (QED) is 0.602. The second kappa shape index (κ2) is 8.02. The summed E-state index contributed by atoms with van der Waals surface area (Å²) in [5.41, 5.74) is 1.93. The van der Waals surface area contributed by atoms with Gasteiger partial charge in [-0.25, -0.2) is 4.98 Å². The number of morpholine rings is 1. The van der Waals surface area contributed by atoms with Crippen molar-refractivity contribution in [1.29, 1.82) is 0 Å². The Bertz CT molecular complexity index is 1200. The number of hydrogen-bond donors (Lipinski definition) is 1. The van der Waals surface area contributed by atoms with Crippen LogP contribution in [0.5, 0.6) is 5.88 Å². The molecule has 2 fully saturated rings. The summed E-state index contributed by atoms with van der Waals surface area (Å²) in [6.45, 7) is 5.02. The molecule has 0 saturated carbocycles. The van der Waals surface area contributed by atoms with E-state index in [-0.39, 0.29) is 12.1 Å². The van der Waals surface area contributed by atoms with Gasteiger partial charge in [0.25, 0.3) is 0 Å². The number of aromatic nitrogens is 3. The molecule has 1 aromatic carbocycles. The van der Waals surface area contributed by atoms with E-state index in [1.807, 2.05) is 13.0 Å². The average Bonchev–Trinajstić information content (AvgIpc) is 3.43. The van der Waals surface area contributed by atoms with Crippen molar-refractivity contribution >= 4 is 22.4 Å². The predicted octanol–water partition coefficient (Wildman–Crippen LogP) is 4.51. The number of halogens is 3. The van der Waals surface area contributed by atoms with Gasteiger partial charge in [0.15, 0.2) is 5.82 Å². The molecule has 1 N–H and O–H groups in total. The van der Waals surface area contributed by atoms with Gasteiger partial charge in [0.05, 0.1) is 43.2 Å². The van der Waals surface area contributed by atoms with Gasteiger partial charge in [-0.1, -0.05) is 12.1 Å². The lowest BCUT2D eigenvalue weighted by Crippen LogP contribution is -2.37. The van der Waals surface area contributed by atoms with E-state index in [9.17, 15) is 13.2 Å². The third kappa shape index (κ3) is 3.92. The van der Waals surface area contributed by atoms with Crippen molar-refractivity contribution in [2.75, 3.05) is 30.5 Å². The number of fused-ring (bicyclic) bond motifs is 3. The standard InChI is InChI=1S/C23H24F3N5O2/c1-12(14-5-4-6-15(7-14)23(24,25)26)27-21-18-9-19(31-10-17-8-16(31)11-33-17)22(32-3)28-20(18)13(2)29-30-21/h4-7,9,12,16-17H,8,10-11H2,1-3H3,(H,27,30)/t12-,16?,17?/m1/s1. The van der Waals surface area contributed by atoms with Crippen molar-refractivity contribution in [1.82, 2.24) is 15.2 Å². The number of aryl methyl sites for hydroxylation is 1. The molecule has 10 heteroatoms. The molecular formula is C23H24F3N5O2. The zero-order valence-corrected chi connectivity index (χ0v) is 18.5. The molecule has 0 aliphatic carbocycles. The van der Waals surface area contributed by atoms with Gasteiger partial charge in [-0.05, 0) is 44.0 Å². The van der Waals surface area contributed by atoms with Gasteiger partial charge in [0.2, 0.25) is 5.88 Å². The Morgan fingerprint density at radius 2 is 2.06 bits per heavy atom. The van der Waals surface area contributed by atoms with Crippen molar-refractivity contribution < 1.29 is 22.6 Å². The van der Waals surface area contributed by atoms with E-state index in [1.54, 1.807) is 20.1 Å². The molecule has 2 aliphatic rings. The molecule has 2 aromatic heterocycles. The molecule has 0 spiro atoms. The highest BCUT2D eigenvalue weighted by atomic mass is 19.4. The number of alkyl halides is 3. The largest absolute Gasteiger partial charge is 0.480 e. The number of nitrogens with zero attached hydrogens (tertiary/aromatic N) is 4. The molecule has 3 atom stereocenters. The Hall–Kier alpha value is -3.14. The first-order valence-corrected chi connectivity index (χ1v) is 10.8. The molecule has 7 nitrogen and oxygen atoms in total. The fourth-order valence-electron chi connectivity index (χ4n) is 4.60. The second-order valence-corrected chi connectivity index (χ2v) is 8.53. The van der Waals surface area contributed by atoms with Crippen LogP contribution in [0.15, 0.2) is 30.3 Å². The van der Waals surface area contributed by atoms with E-state index >= 15 is 0 Å². The summed E-state index contributed by atoms with van der Waals surface area (Å²) < 4.78 is 50.8. The van der Waals surface area contributed by atoms with Crippen LogP contribution < -0.4 is 15.0 Å². The maximum absolute atomic E-state index is 13.2. The number of benzene rings is 1. The summed E-state index contributed by atoms with van der Waals surface area (Å²) in [6.07, 6.45) is -3.24. The number of pyridine rings is 1. The third-order valence-electron chi connectivity index (χ3n) is 6.34. The molecule has 33 heavy (non-hydrogen) atoms. The minimum Gasteiger partial charge on any atom is -0.480 e. The minimum absolute atomic E-state index is 0.200. The predicted molar refractivity (Wildman–Crippen MR) is 118 cm³/mol. The van der Waals surface area contributed by atoms with Gasteiger partial charge in [-0.2, -0.15) is 18.3 Å². The number of methoxy groups -OCH3 is 1. The fraction of sp³-hybridized carbons (Fsp3) is 0.435. The van der Waals surface area contributed by atoms with Gasteiger partial charge in [0.1, 0.15) is 11.2 Å². The summed E-state index contributed by atoms with van der Waals surface area (Å²) >= 11 is 0. The van der Waals surface area contributed by atoms with Crippen molar-refractivity contribution in [3.8, 4) is 5.88 Å². The number of ether oxygens (including phenoxy) is 2. The van der Waals surface area contributed by atoms with Crippen molar-refractivity contribution in [2.24, 2.45) is 0 Å². The maximum atomic E-state index is 13.2. The highest BCUT2D eigenvalue weighted by Crippen LogP contribution is 2.40. The highest BCUT2D eigenvalue weighted by molar-refractivity contribution is 5.94. The zero-order valence-electron chi connectivity index (χ0n) is 18.5. The summed E-state index contributed by atoms with van der Waals surface area (Å²) in [7, 11) is 1.58. The highest BCUT2D eigenvalue weighted by Gasteiger charge is 2.40. The molecule has 2 bridgehead atoms. The summed E-state index contributed by atoms with van der Waals surface area (Å²) in [5, 5.41) is 12.5. The molecule has 174 valence electrons. The van der Waals surface area contributed by atoms with Gasteiger partial charge in [-0.3, -0.25) is 0 Å². The fourth-order valence-corrected chi connectivity index (χ4v) is 4.60. The second-order valence-electron chi connectivity index (χ2n) is 8.53. The Morgan fingerprint density at radius 1 is 1.24 bits per heavy atom. The van der Waals surface area contributed by atoms with Crippen LogP contribution in [0.4, 0.5) is 24.7 Å². The molecular weight excluding hydrogens is 435 g/mol. The van der Waals surface area contributed by atoms with Crippen LogP contribution >= 0.6 is 0 Å². The van der Waals surface area contributed by atoms with Crippen LogP contribution in [0.25, 0.3) is 10.9 Å². The molecule has 2 saturated heterocycles. The van der Waals surface area contributed by atoms with E-state index in [0.717, 1.165) is 36.2 Å². The normalized spacial score (nSPS) is 21.0. The molecule has 2 aliphatic heterocycles. The molecule has 0 radical (unpaired) electrons. The molecule has 2 unspecified atom stereocenters. The van der Waals surface area contributed by atoms with Crippen LogP contribution in [0, 0.1) is 6.92 Å². The number of rotatable bonds is 5. The van der Waals surface area contributed by atoms with Crippen LogP contribution in [-0.2, 0) is 10.9 Å². The molecule has 5 rings (SSSR count).